The number of nitrogens with zero attached hydrogens (tertiary/aromatic N) is 1. The van der Waals surface area contributed by atoms with Gasteiger partial charge in [0.25, 0.3) is 5.56 Å². The molecule has 0 saturated carbocycles. The van der Waals surface area contributed by atoms with Crippen LogP contribution in [-0.2, 0) is 6.42 Å². The second-order valence-corrected chi connectivity index (χ2v) is 4.38. The molecule has 0 spiro atoms. The largest absolute Gasteiger partial charge is 0.327 e. The van der Waals surface area contributed by atoms with Gasteiger partial charge in [-0.1, -0.05) is 13.3 Å². The Labute approximate surface area is 111 Å². The average Bonchev–Trinajstić information content (AvgIpc) is 2.34. The molecule has 108 valence electrons. The highest BCUT2D eigenvalue weighted by atomic mass is 19.3. The summed E-state index contributed by atoms with van der Waals surface area (Å²) in [4.78, 5) is 38.7. The van der Waals surface area contributed by atoms with E-state index >= 15 is 0 Å². The minimum absolute atomic E-state index is 0.0978. The number of aromatic nitrogens is 3. The third kappa shape index (κ3) is 2.40. The number of halogens is 2. The first-order valence-corrected chi connectivity index (χ1v) is 6.14. The summed E-state index contributed by atoms with van der Waals surface area (Å²) in [7, 11) is 0. The van der Waals surface area contributed by atoms with Crippen molar-refractivity contribution in [3.05, 3.63) is 42.8 Å². The standard InChI is InChI=1S/C12H13F2N3O3/c1-2-3-4-6-5-7(18)8-9(17(6)11(13)14)15-12(20)16-10(8)19/h5,11H,2-4H2,1H3,(H2,15,16,19,20). The van der Waals surface area contributed by atoms with Gasteiger partial charge in [-0.3, -0.25) is 24.1 Å². The molecule has 0 bridgehead atoms. The first-order chi connectivity index (χ1) is 9.45. The van der Waals surface area contributed by atoms with Gasteiger partial charge in [0.15, 0.2) is 5.43 Å². The van der Waals surface area contributed by atoms with Crippen LogP contribution in [0.2, 0.25) is 0 Å². The first kappa shape index (κ1) is 14.2. The predicted molar refractivity (Wildman–Crippen MR) is 69.3 cm³/mol. The molecule has 0 fully saturated rings. The fourth-order valence-corrected chi connectivity index (χ4v) is 2.09. The van der Waals surface area contributed by atoms with Crippen LogP contribution < -0.4 is 16.7 Å². The number of hydrogen-bond donors (Lipinski definition) is 2. The zero-order valence-corrected chi connectivity index (χ0v) is 10.7. The molecule has 8 heteroatoms. The summed E-state index contributed by atoms with van der Waals surface area (Å²) in [6.07, 6.45) is 1.65. The van der Waals surface area contributed by atoms with Crippen molar-refractivity contribution in [2.45, 2.75) is 32.7 Å². The predicted octanol–water partition coefficient (Wildman–Crippen LogP) is 1.12. The molecule has 0 aliphatic rings. The lowest BCUT2D eigenvalue weighted by atomic mass is 10.1. The van der Waals surface area contributed by atoms with Crippen LogP contribution in [0, 0.1) is 0 Å². The van der Waals surface area contributed by atoms with Gasteiger partial charge in [-0.15, -0.1) is 0 Å². The zero-order valence-electron chi connectivity index (χ0n) is 10.7. The van der Waals surface area contributed by atoms with E-state index in [4.69, 9.17) is 0 Å². The van der Waals surface area contributed by atoms with Crippen molar-refractivity contribution >= 4 is 11.0 Å². The Hall–Kier alpha value is -2.25. The van der Waals surface area contributed by atoms with E-state index in [9.17, 15) is 23.2 Å². The molecule has 0 aliphatic carbocycles. The normalized spacial score (nSPS) is 11.4. The van der Waals surface area contributed by atoms with Crippen LogP contribution in [-0.4, -0.2) is 14.5 Å². The van der Waals surface area contributed by atoms with Crippen molar-refractivity contribution < 1.29 is 8.78 Å². The van der Waals surface area contributed by atoms with E-state index in [0.717, 1.165) is 12.5 Å². The van der Waals surface area contributed by atoms with Crippen LogP contribution in [0.3, 0.4) is 0 Å². The Balaban J connectivity index is 2.90. The van der Waals surface area contributed by atoms with E-state index in [1.807, 2.05) is 11.9 Å². The van der Waals surface area contributed by atoms with Gasteiger partial charge < -0.3 is 0 Å². The molecule has 2 N–H and O–H groups in total. The SMILES string of the molecule is CCCCc1cc(=O)c2c(=O)[nH]c(=O)[nH]c2n1C(F)F. The fraction of sp³-hybridized carbons (Fsp3) is 0.417. The molecule has 2 aromatic rings. The summed E-state index contributed by atoms with van der Waals surface area (Å²) in [6, 6.07) is 1.03. The molecule has 0 aliphatic heterocycles. The second-order valence-electron chi connectivity index (χ2n) is 4.38. The van der Waals surface area contributed by atoms with Gasteiger partial charge in [-0.2, -0.15) is 8.78 Å². The smallest absolute Gasteiger partial charge is 0.292 e. The number of unbranched alkanes of at least 4 members (excludes halogenated alkanes) is 1. The summed E-state index contributed by atoms with van der Waals surface area (Å²) in [5.74, 6) is 0. The number of aromatic amines is 2. The maximum absolute atomic E-state index is 13.2. The van der Waals surface area contributed by atoms with Gasteiger partial charge in [-0.05, 0) is 12.8 Å². The van der Waals surface area contributed by atoms with E-state index in [1.54, 1.807) is 0 Å². The number of H-pyrrole nitrogens is 2. The van der Waals surface area contributed by atoms with Crippen molar-refractivity contribution in [3.63, 3.8) is 0 Å². The third-order valence-electron chi connectivity index (χ3n) is 3.00. The van der Waals surface area contributed by atoms with Crippen molar-refractivity contribution in [2.24, 2.45) is 0 Å². The van der Waals surface area contributed by atoms with Crippen molar-refractivity contribution in [2.75, 3.05) is 0 Å². The van der Waals surface area contributed by atoms with Crippen molar-refractivity contribution in [3.8, 4) is 0 Å². The zero-order chi connectivity index (χ0) is 14.9. The van der Waals surface area contributed by atoms with Crippen LogP contribution in [0.4, 0.5) is 8.78 Å². The third-order valence-corrected chi connectivity index (χ3v) is 3.00. The molecule has 0 atom stereocenters. The van der Waals surface area contributed by atoms with Gasteiger partial charge in [0.05, 0.1) is 0 Å². The van der Waals surface area contributed by atoms with Crippen molar-refractivity contribution in [1.29, 1.82) is 0 Å². The van der Waals surface area contributed by atoms with Crippen LogP contribution in [0.1, 0.15) is 32.0 Å². The number of alkyl halides is 2. The van der Waals surface area contributed by atoms with Gasteiger partial charge in [0, 0.05) is 11.8 Å². The van der Waals surface area contributed by atoms with Crippen LogP contribution in [0.15, 0.2) is 20.4 Å². The highest BCUT2D eigenvalue weighted by molar-refractivity contribution is 5.73. The van der Waals surface area contributed by atoms with E-state index in [0.29, 0.717) is 11.0 Å². The Morgan fingerprint density at radius 1 is 1.25 bits per heavy atom. The highest BCUT2D eigenvalue weighted by Gasteiger charge is 2.18. The second kappa shape index (κ2) is 5.40. The maximum Gasteiger partial charge on any atom is 0.327 e. The van der Waals surface area contributed by atoms with E-state index < -0.39 is 34.3 Å². The Morgan fingerprint density at radius 2 is 1.95 bits per heavy atom. The molecular formula is C12H13F2N3O3. The van der Waals surface area contributed by atoms with Gasteiger partial charge in [0.1, 0.15) is 11.0 Å². The molecule has 0 unspecified atom stereocenters. The Morgan fingerprint density at radius 3 is 2.55 bits per heavy atom. The lowest BCUT2D eigenvalue weighted by molar-refractivity contribution is 0.0708. The molecule has 2 heterocycles. The fourth-order valence-electron chi connectivity index (χ4n) is 2.09. The number of hydrogen-bond acceptors (Lipinski definition) is 3. The first-order valence-electron chi connectivity index (χ1n) is 6.14. The van der Waals surface area contributed by atoms with Crippen LogP contribution in [0.25, 0.3) is 11.0 Å². The molecule has 6 nitrogen and oxygen atoms in total. The number of fused-ring (bicyclic) bond motifs is 1. The lowest BCUT2D eigenvalue weighted by Crippen LogP contribution is -2.29. The molecular weight excluding hydrogens is 272 g/mol. The number of aryl methyl sites for hydroxylation is 1. The van der Waals surface area contributed by atoms with Gasteiger partial charge in [-0.25, -0.2) is 4.79 Å². The molecule has 0 amide bonds. The molecule has 2 aromatic heterocycles. The van der Waals surface area contributed by atoms with Crippen LogP contribution in [0.5, 0.6) is 0 Å². The average molecular weight is 285 g/mol. The molecule has 2 rings (SSSR count). The Bertz CT molecular complexity index is 804. The lowest BCUT2D eigenvalue weighted by Gasteiger charge is -2.14. The molecule has 0 saturated heterocycles. The molecule has 0 aromatic carbocycles. The summed E-state index contributed by atoms with van der Waals surface area (Å²) in [5, 5.41) is -0.467. The highest BCUT2D eigenvalue weighted by Crippen LogP contribution is 2.18. The molecule has 20 heavy (non-hydrogen) atoms. The number of nitrogens with one attached hydrogen (secondary N) is 2. The van der Waals surface area contributed by atoms with E-state index in [-0.39, 0.29) is 12.1 Å². The molecule has 0 radical (unpaired) electrons. The Kier molecular flexibility index (Phi) is 3.82. The minimum Gasteiger partial charge on any atom is -0.292 e. The quantitative estimate of drug-likeness (QED) is 0.882. The van der Waals surface area contributed by atoms with Gasteiger partial charge in [0.2, 0.25) is 0 Å². The number of rotatable bonds is 4. The maximum atomic E-state index is 13.2. The minimum atomic E-state index is -2.96. The topological polar surface area (TPSA) is 87.7 Å². The van der Waals surface area contributed by atoms with Crippen molar-refractivity contribution in [1.82, 2.24) is 14.5 Å². The van der Waals surface area contributed by atoms with Gasteiger partial charge >= 0.3 is 12.2 Å². The summed E-state index contributed by atoms with van der Waals surface area (Å²) >= 11 is 0. The summed E-state index contributed by atoms with van der Waals surface area (Å²) < 4.78 is 26.9. The number of pyridine rings is 1. The summed E-state index contributed by atoms with van der Waals surface area (Å²) in [6.45, 7) is -1.07. The van der Waals surface area contributed by atoms with Crippen LogP contribution >= 0.6 is 0 Å². The summed E-state index contributed by atoms with van der Waals surface area (Å²) in [5.41, 5.74) is -2.91. The monoisotopic (exact) mass is 285 g/mol. The van der Waals surface area contributed by atoms with E-state index in [1.165, 1.54) is 0 Å². The van der Waals surface area contributed by atoms with E-state index in [2.05, 4.69) is 4.98 Å².